The Morgan fingerprint density at radius 2 is 2.40 bits per heavy atom. The van der Waals surface area contributed by atoms with Crippen LogP contribution in [0.4, 0.5) is 0 Å². The van der Waals surface area contributed by atoms with Crippen molar-refractivity contribution in [3.8, 4) is 11.8 Å². The van der Waals surface area contributed by atoms with Gasteiger partial charge in [0.1, 0.15) is 12.3 Å². The molecular weight excluding hydrogens is 198 g/mol. The Labute approximate surface area is 83.5 Å². The molecule has 0 aliphatic heterocycles. The number of aromatic amines is 1. The first-order chi connectivity index (χ1) is 7.22. The molecule has 2 rings (SSSR count). The summed E-state index contributed by atoms with van der Waals surface area (Å²) in [5.41, 5.74) is 0.440. The second-order valence-corrected chi connectivity index (χ2v) is 2.70. The minimum absolute atomic E-state index is 0.266. The molecule has 0 saturated heterocycles. The molecule has 0 amide bonds. The Morgan fingerprint density at radius 3 is 3.13 bits per heavy atom. The summed E-state index contributed by atoms with van der Waals surface area (Å²) in [6, 6.07) is 0. The summed E-state index contributed by atoms with van der Waals surface area (Å²) >= 11 is 0. The summed E-state index contributed by atoms with van der Waals surface area (Å²) in [5.74, 6) is 5.03. The minimum Gasteiger partial charge on any atom is -0.425 e. The summed E-state index contributed by atoms with van der Waals surface area (Å²) in [4.78, 5) is 3.74. The molecule has 0 unspecified atom stereocenters. The zero-order chi connectivity index (χ0) is 10.8. The van der Waals surface area contributed by atoms with Crippen molar-refractivity contribution in [3.05, 3.63) is 17.5 Å². The van der Waals surface area contributed by atoms with Gasteiger partial charge in [0.05, 0.1) is 11.6 Å². The molecule has 7 nitrogen and oxygen atoms in total. The van der Waals surface area contributed by atoms with Gasteiger partial charge >= 0.3 is 0 Å². The number of nitrogens with one attached hydrogen (secondary N) is 2. The highest BCUT2D eigenvalue weighted by molar-refractivity contribution is 5.79. The maximum atomic E-state index is 9.21. The van der Waals surface area contributed by atoms with E-state index in [9.17, 15) is 5.21 Å². The van der Waals surface area contributed by atoms with Crippen LogP contribution in [0.1, 0.15) is 5.69 Å². The molecule has 0 fully saturated rings. The van der Waals surface area contributed by atoms with Gasteiger partial charge in [0.25, 0.3) is 5.62 Å². The van der Waals surface area contributed by atoms with Gasteiger partial charge in [-0.2, -0.15) is 14.8 Å². The predicted molar refractivity (Wildman–Crippen MR) is 48.9 cm³/mol. The number of hydrogen-bond acceptors (Lipinski definition) is 5. The fourth-order valence-corrected chi connectivity index (χ4v) is 1.11. The van der Waals surface area contributed by atoms with Gasteiger partial charge < -0.3 is 10.3 Å². The van der Waals surface area contributed by atoms with Gasteiger partial charge in [0.2, 0.25) is 0 Å². The Balaban J connectivity index is 2.69. The van der Waals surface area contributed by atoms with Crippen LogP contribution in [-0.4, -0.2) is 36.8 Å². The van der Waals surface area contributed by atoms with Gasteiger partial charge in [-0.3, -0.25) is 10.5 Å². The molecule has 7 heteroatoms. The van der Waals surface area contributed by atoms with Gasteiger partial charge in [-0.15, -0.1) is 0 Å². The number of hydrogen-bond donors (Lipinski definition) is 4. The van der Waals surface area contributed by atoms with Crippen LogP contribution in [0.3, 0.4) is 0 Å². The van der Waals surface area contributed by atoms with Gasteiger partial charge in [-0.1, -0.05) is 5.92 Å². The van der Waals surface area contributed by atoms with Gasteiger partial charge in [-0.25, -0.2) is 0 Å². The zero-order valence-corrected chi connectivity index (χ0v) is 7.52. The Bertz CT molecular complexity index is 615. The SMILES string of the molecule is N=c1nc2[nH]nc(C#CCO)c2cn1O. The average Bonchev–Trinajstić information content (AvgIpc) is 2.59. The maximum absolute atomic E-state index is 9.21. The van der Waals surface area contributed by atoms with E-state index in [0.717, 1.165) is 0 Å². The first-order valence-electron chi connectivity index (χ1n) is 4.03. The molecule has 0 aromatic carbocycles. The van der Waals surface area contributed by atoms with Crippen molar-refractivity contribution < 1.29 is 10.3 Å². The van der Waals surface area contributed by atoms with E-state index < -0.39 is 0 Å². The van der Waals surface area contributed by atoms with E-state index in [1.165, 1.54) is 6.20 Å². The molecule has 0 atom stereocenters. The second kappa shape index (κ2) is 3.43. The molecule has 2 aromatic rings. The van der Waals surface area contributed by atoms with Crippen LogP contribution in [0.25, 0.3) is 11.0 Å². The van der Waals surface area contributed by atoms with Crippen molar-refractivity contribution in [3.63, 3.8) is 0 Å². The molecule has 76 valence electrons. The normalized spacial score (nSPS) is 9.93. The van der Waals surface area contributed by atoms with E-state index in [0.29, 0.717) is 21.5 Å². The fraction of sp³-hybridized carbons (Fsp3) is 0.125. The van der Waals surface area contributed by atoms with E-state index in [1.807, 2.05) is 0 Å². The molecule has 2 heterocycles. The highest BCUT2D eigenvalue weighted by Crippen LogP contribution is 2.09. The topological polar surface area (TPSA) is 111 Å². The van der Waals surface area contributed by atoms with Crippen molar-refractivity contribution >= 4 is 11.0 Å². The van der Waals surface area contributed by atoms with Crippen LogP contribution < -0.4 is 5.62 Å². The molecule has 0 aliphatic rings. The highest BCUT2D eigenvalue weighted by Gasteiger charge is 2.05. The molecule has 0 bridgehead atoms. The lowest BCUT2D eigenvalue weighted by Gasteiger charge is -1.94. The van der Waals surface area contributed by atoms with E-state index in [1.54, 1.807) is 0 Å². The Kier molecular flexibility index (Phi) is 2.11. The third kappa shape index (κ3) is 1.53. The molecule has 0 aliphatic carbocycles. The van der Waals surface area contributed by atoms with Gasteiger partial charge in [-0.05, 0) is 5.92 Å². The second-order valence-electron chi connectivity index (χ2n) is 2.70. The quantitative estimate of drug-likeness (QED) is 0.320. The first kappa shape index (κ1) is 9.23. The van der Waals surface area contributed by atoms with Crippen molar-refractivity contribution in [2.24, 2.45) is 0 Å². The molecule has 15 heavy (non-hydrogen) atoms. The number of aliphatic hydroxyl groups excluding tert-OH is 1. The summed E-state index contributed by atoms with van der Waals surface area (Å²) in [6.45, 7) is -0.266. The molecule has 0 spiro atoms. The average molecular weight is 205 g/mol. The lowest BCUT2D eigenvalue weighted by molar-refractivity contribution is 0.167. The zero-order valence-electron chi connectivity index (χ0n) is 7.52. The predicted octanol–water partition coefficient (Wildman–Crippen LogP) is -1.18. The first-order valence-corrected chi connectivity index (χ1v) is 4.03. The number of aliphatic hydroxyl groups is 1. The number of aromatic nitrogens is 4. The largest absolute Gasteiger partial charge is 0.425 e. The van der Waals surface area contributed by atoms with Gasteiger partial charge in [0, 0.05) is 0 Å². The van der Waals surface area contributed by atoms with E-state index in [-0.39, 0.29) is 12.2 Å². The minimum atomic E-state index is -0.298. The lowest BCUT2D eigenvalue weighted by atomic mass is 10.3. The number of rotatable bonds is 0. The summed E-state index contributed by atoms with van der Waals surface area (Å²) in [5, 5.41) is 31.9. The van der Waals surface area contributed by atoms with E-state index in [2.05, 4.69) is 27.0 Å². The monoisotopic (exact) mass is 205 g/mol. The molecule has 2 aromatic heterocycles. The van der Waals surface area contributed by atoms with Crippen molar-refractivity contribution in [2.45, 2.75) is 0 Å². The van der Waals surface area contributed by atoms with Crippen LogP contribution in [-0.2, 0) is 0 Å². The standard InChI is InChI=1S/C8H7N5O2/c9-8-10-7-5(4-13(8)15)6(11-12-7)2-1-3-14/h4,14-15H,3H2,(H2,9,10,12). The lowest BCUT2D eigenvalue weighted by Crippen LogP contribution is -2.19. The van der Waals surface area contributed by atoms with E-state index in [4.69, 9.17) is 10.5 Å². The van der Waals surface area contributed by atoms with Crippen LogP contribution >= 0.6 is 0 Å². The summed E-state index contributed by atoms with van der Waals surface area (Å²) in [6.07, 6.45) is 1.29. The third-order valence-electron chi connectivity index (χ3n) is 1.76. The van der Waals surface area contributed by atoms with Crippen molar-refractivity contribution in [1.82, 2.24) is 19.9 Å². The Morgan fingerprint density at radius 1 is 1.60 bits per heavy atom. The van der Waals surface area contributed by atoms with Crippen LogP contribution in [0.2, 0.25) is 0 Å². The maximum Gasteiger partial charge on any atom is 0.257 e. The van der Waals surface area contributed by atoms with Crippen LogP contribution in [0, 0.1) is 17.3 Å². The Hall–Kier alpha value is -2.33. The van der Waals surface area contributed by atoms with Crippen molar-refractivity contribution in [2.75, 3.05) is 6.61 Å². The molecule has 0 radical (unpaired) electrons. The molecule has 4 N–H and O–H groups in total. The van der Waals surface area contributed by atoms with Crippen molar-refractivity contribution in [1.29, 1.82) is 5.41 Å². The summed E-state index contributed by atoms with van der Waals surface area (Å²) < 4.78 is 0.571. The molecular formula is C8H7N5O2. The number of H-pyrrole nitrogens is 1. The fourth-order valence-electron chi connectivity index (χ4n) is 1.11. The number of nitrogens with zero attached hydrogens (tertiary/aromatic N) is 3. The van der Waals surface area contributed by atoms with E-state index >= 15 is 0 Å². The highest BCUT2D eigenvalue weighted by atomic mass is 16.5. The number of fused-ring (bicyclic) bond motifs is 1. The van der Waals surface area contributed by atoms with Crippen LogP contribution in [0.5, 0.6) is 0 Å². The van der Waals surface area contributed by atoms with Crippen LogP contribution in [0.15, 0.2) is 6.20 Å². The third-order valence-corrected chi connectivity index (χ3v) is 1.76. The smallest absolute Gasteiger partial charge is 0.257 e. The molecule has 0 saturated carbocycles. The summed E-state index contributed by atoms with van der Waals surface area (Å²) in [7, 11) is 0. The van der Waals surface area contributed by atoms with Gasteiger partial charge in [0.15, 0.2) is 5.65 Å².